The van der Waals surface area contributed by atoms with E-state index in [9.17, 15) is 9.59 Å². The highest BCUT2D eigenvalue weighted by molar-refractivity contribution is 8.26. The van der Waals surface area contributed by atoms with Gasteiger partial charge < -0.3 is 9.64 Å². The monoisotopic (exact) mass is 348 g/mol. The molecule has 1 saturated heterocycles. The third-order valence-electron chi connectivity index (χ3n) is 3.83. The van der Waals surface area contributed by atoms with Gasteiger partial charge in [-0.25, -0.2) is 0 Å². The van der Waals surface area contributed by atoms with Gasteiger partial charge in [0.25, 0.3) is 11.8 Å². The molecule has 0 atom stereocenters. The predicted molar refractivity (Wildman–Crippen MR) is 95.2 cm³/mol. The minimum absolute atomic E-state index is 0.138. The molecule has 0 aromatic heterocycles. The fraction of sp³-hybridized carbons (Fsp3) is 0.312. The number of carbonyl (C=O) groups excluding carboxylic acids is 2. The lowest BCUT2D eigenvalue weighted by Crippen LogP contribution is -2.32. The van der Waals surface area contributed by atoms with Crippen LogP contribution in [0.25, 0.3) is 5.57 Å². The SMILES string of the molecule is CCN1C(=O)/C(=C2\SC(=S)N(CCOC)C2=O)c2ccccc21. The first-order valence-corrected chi connectivity index (χ1v) is 8.50. The quantitative estimate of drug-likeness (QED) is 0.617. The smallest absolute Gasteiger partial charge is 0.267 e. The molecule has 5 nitrogen and oxygen atoms in total. The number of fused-ring (bicyclic) bond motifs is 1. The Labute approximate surface area is 144 Å². The van der Waals surface area contributed by atoms with E-state index in [-0.39, 0.29) is 11.8 Å². The maximum atomic E-state index is 12.8. The minimum Gasteiger partial charge on any atom is -0.383 e. The zero-order valence-corrected chi connectivity index (χ0v) is 14.5. The van der Waals surface area contributed by atoms with E-state index in [1.54, 1.807) is 12.0 Å². The van der Waals surface area contributed by atoms with Gasteiger partial charge in [0, 0.05) is 19.2 Å². The molecular formula is C16H16N2O3S2. The van der Waals surface area contributed by atoms with E-state index in [1.165, 1.54) is 16.7 Å². The molecule has 2 aliphatic rings. The van der Waals surface area contributed by atoms with Gasteiger partial charge in [-0.05, 0) is 13.0 Å². The summed E-state index contributed by atoms with van der Waals surface area (Å²) in [5.41, 5.74) is 2.10. The normalized spacial score (nSPS) is 20.7. The van der Waals surface area contributed by atoms with Crippen LogP contribution < -0.4 is 4.90 Å². The molecule has 0 N–H and O–H groups in total. The molecule has 0 bridgehead atoms. The minimum atomic E-state index is -0.215. The van der Waals surface area contributed by atoms with Gasteiger partial charge in [-0.1, -0.05) is 42.2 Å². The number of thiocarbonyl (C=S) groups is 1. The lowest BCUT2D eigenvalue weighted by Gasteiger charge is -2.14. The van der Waals surface area contributed by atoms with Crippen molar-refractivity contribution in [3.63, 3.8) is 0 Å². The third-order valence-corrected chi connectivity index (χ3v) is 5.28. The van der Waals surface area contributed by atoms with Gasteiger partial charge in [-0.15, -0.1) is 0 Å². The van der Waals surface area contributed by atoms with Gasteiger partial charge >= 0.3 is 0 Å². The molecule has 2 amide bonds. The Morgan fingerprint density at radius 3 is 2.61 bits per heavy atom. The van der Waals surface area contributed by atoms with Gasteiger partial charge in [0.1, 0.15) is 4.32 Å². The van der Waals surface area contributed by atoms with Gasteiger partial charge in [0.15, 0.2) is 0 Å². The van der Waals surface area contributed by atoms with Crippen LogP contribution in [0.3, 0.4) is 0 Å². The fourth-order valence-electron chi connectivity index (χ4n) is 2.74. The Hall–Kier alpha value is -1.70. The summed E-state index contributed by atoms with van der Waals surface area (Å²) in [5, 5.41) is 0. The molecule has 23 heavy (non-hydrogen) atoms. The van der Waals surface area contributed by atoms with Crippen molar-refractivity contribution in [2.24, 2.45) is 0 Å². The van der Waals surface area contributed by atoms with Crippen LogP contribution in [-0.4, -0.2) is 47.8 Å². The second-order valence-corrected chi connectivity index (χ2v) is 6.73. The maximum absolute atomic E-state index is 12.8. The first-order chi connectivity index (χ1) is 11.1. The third kappa shape index (κ3) is 2.58. The lowest BCUT2D eigenvalue weighted by atomic mass is 10.1. The number of rotatable bonds is 4. The standard InChI is InChI=1S/C16H16N2O3S2/c1-3-17-11-7-5-4-6-10(11)12(14(17)19)13-15(20)18(8-9-21-2)16(22)23-13/h4-7H,3,8-9H2,1-2H3/b13-12-. The number of nitrogens with zero attached hydrogens (tertiary/aromatic N) is 2. The average molecular weight is 348 g/mol. The van der Waals surface area contributed by atoms with Gasteiger partial charge in [-0.2, -0.15) is 0 Å². The largest absolute Gasteiger partial charge is 0.383 e. The van der Waals surface area contributed by atoms with Crippen LogP contribution in [0, 0.1) is 0 Å². The summed E-state index contributed by atoms with van der Waals surface area (Å²) in [6.07, 6.45) is 0. The second kappa shape index (κ2) is 6.43. The van der Waals surface area contributed by atoms with E-state index < -0.39 is 0 Å². The van der Waals surface area contributed by atoms with Crippen LogP contribution in [0.4, 0.5) is 5.69 Å². The van der Waals surface area contributed by atoms with Crippen molar-refractivity contribution < 1.29 is 14.3 Å². The number of para-hydroxylation sites is 1. The number of hydrogen-bond donors (Lipinski definition) is 0. The van der Waals surface area contributed by atoms with Crippen molar-refractivity contribution in [2.75, 3.05) is 31.7 Å². The highest BCUT2D eigenvalue weighted by atomic mass is 32.2. The number of anilines is 1. The molecule has 0 spiro atoms. The van der Waals surface area contributed by atoms with Crippen LogP contribution >= 0.6 is 24.0 Å². The molecule has 1 aromatic rings. The summed E-state index contributed by atoms with van der Waals surface area (Å²) in [4.78, 5) is 29.1. The zero-order chi connectivity index (χ0) is 16.6. The van der Waals surface area contributed by atoms with Gasteiger partial charge in [0.05, 0.1) is 29.3 Å². The number of hydrogen-bond acceptors (Lipinski definition) is 5. The summed E-state index contributed by atoms with van der Waals surface area (Å²) in [7, 11) is 1.58. The Morgan fingerprint density at radius 2 is 1.91 bits per heavy atom. The molecular weight excluding hydrogens is 332 g/mol. The van der Waals surface area contributed by atoms with Gasteiger partial charge in [0.2, 0.25) is 0 Å². The van der Waals surface area contributed by atoms with Crippen molar-refractivity contribution in [3.05, 3.63) is 34.7 Å². The van der Waals surface area contributed by atoms with Crippen LogP contribution in [0.1, 0.15) is 12.5 Å². The maximum Gasteiger partial charge on any atom is 0.267 e. The summed E-state index contributed by atoms with van der Waals surface area (Å²) < 4.78 is 5.49. The Kier molecular flexibility index (Phi) is 4.52. The molecule has 0 saturated carbocycles. The number of benzene rings is 1. The van der Waals surface area contributed by atoms with Gasteiger partial charge in [-0.3, -0.25) is 14.5 Å². The van der Waals surface area contributed by atoms with E-state index >= 15 is 0 Å². The van der Waals surface area contributed by atoms with E-state index in [0.717, 1.165) is 11.3 Å². The summed E-state index contributed by atoms with van der Waals surface area (Å²) in [6, 6.07) is 7.54. The highest BCUT2D eigenvalue weighted by Gasteiger charge is 2.41. The van der Waals surface area contributed by atoms with Crippen LogP contribution in [-0.2, 0) is 14.3 Å². The van der Waals surface area contributed by atoms with Crippen LogP contribution in [0.15, 0.2) is 29.2 Å². The molecule has 7 heteroatoms. The molecule has 2 heterocycles. The fourth-order valence-corrected chi connectivity index (χ4v) is 4.12. The predicted octanol–water partition coefficient (Wildman–Crippen LogP) is 2.27. The Balaban J connectivity index is 2.07. The average Bonchev–Trinajstić information content (AvgIpc) is 2.98. The molecule has 1 aromatic carbocycles. The Morgan fingerprint density at radius 1 is 1.17 bits per heavy atom. The molecule has 2 aliphatic heterocycles. The molecule has 3 rings (SSSR count). The molecule has 0 unspecified atom stereocenters. The molecule has 0 aliphatic carbocycles. The summed E-state index contributed by atoms with van der Waals surface area (Å²) in [5.74, 6) is -0.353. The lowest BCUT2D eigenvalue weighted by molar-refractivity contribution is -0.123. The molecule has 0 radical (unpaired) electrons. The summed E-state index contributed by atoms with van der Waals surface area (Å²) in [6.45, 7) is 3.27. The number of thioether (sulfide) groups is 1. The van der Waals surface area contributed by atoms with Crippen molar-refractivity contribution in [2.45, 2.75) is 6.92 Å². The topological polar surface area (TPSA) is 49.9 Å². The Bertz CT molecular complexity index is 730. The van der Waals surface area contributed by atoms with Crippen molar-refractivity contribution in [1.82, 2.24) is 4.90 Å². The number of likely N-dealkylation sites (N-methyl/N-ethyl adjacent to an activating group) is 1. The number of amides is 2. The second-order valence-electron chi connectivity index (χ2n) is 5.09. The van der Waals surface area contributed by atoms with Crippen molar-refractivity contribution in [3.8, 4) is 0 Å². The number of ether oxygens (including phenoxy) is 1. The van der Waals surface area contributed by atoms with E-state index in [1.807, 2.05) is 31.2 Å². The highest BCUT2D eigenvalue weighted by Crippen LogP contribution is 2.44. The summed E-state index contributed by atoms with van der Waals surface area (Å²) >= 11 is 6.49. The first kappa shape index (κ1) is 16.2. The number of methoxy groups -OCH3 is 1. The van der Waals surface area contributed by atoms with Crippen molar-refractivity contribution >= 4 is 51.4 Å². The first-order valence-electron chi connectivity index (χ1n) is 7.28. The van der Waals surface area contributed by atoms with Crippen LogP contribution in [0.2, 0.25) is 0 Å². The molecule has 120 valence electrons. The van der Waals surface area contributed by atoms with Crippen molar-refractivity contribution in [1.29, 1.82) is 0 Å². The van der Waals surface area contributed by atoms with E-state index in [0.29, 0.717) is 34.5 Å². The van der Waals surface area contributed by atoms with Crippen LogP contribution in [0.5, 0.6) is 0 Å². The van der Waals surface area contributed by atoms with E-state index in [2.05, 4.69) is 0 Å². The van der Waals surface area contributed by atoms with E-state index in [4.69, 9.17) is 17.0 Å². The number of carbonyl (C=O) groups is 2. The molecule has 1 fully saturated rings. The zero-order valence-electron chi connectivity index (χ0n) is 12.9.